The van der Waals surface area contributed by atoms with Gasteiger partial charge < -0.3 is 4.42 Å². The first kappa shape index (κ1) is 18.2. The summed E-state index contributed by atoms with van der Waals surface area (Å²) in [6.45, 7) is 1.82. The van der Waals surface area contributed by atoms with Crippen molar-refractivity contribution in [1.29, 1.82) is 5.26 Å². The molecule has 2 rings (SSSR count). The van der Waals surface area contributed by atoms with Gasteiger partial charge >= 0.3 is 0 Å². The predicted octanol–water partition coefficient (Wildman–Crippen LogP) is 4.38. The summed E-state index contributed by atoms with van der Waals surface area (Å²) in [5, 5.41) is 9.18. The third-order valence-electron chi connectivity index (χ3n) is 3.04. The highest BCUT2D eigenvalue weighted by molar-refractivity contribution is 7.98. The van der Waals surface area contributed by atoms with Crippen LogP contribution < -0.4 is 0 Å². The highest BCUT2D eigenvalue weighted by Gasteiger charge is 2.21. The summed E-state index contributed by atoms with van der Waals surface area (Å²) < 4.78 is 54.5. The van der Waals surface area contributed by atoms with Gasteiger partial charge in [0.2, 0.25) is 9.84 Å². The molecule has 126 valence electrons. The Balaban J connectivity index is 2.29. The molecular weight excluding hydrogens is 356 g/mol. The van der Waals surface area contributed by atoms with E-state index in [2.05, 4.69) is 0 Å². The number of thioether (sulfide) groups is 1. The van der Waals surface area contributed by atoms with Crippen molar-refractivity contribution in [3.63, 3.8) is 0 Å². The monoisotopic (exact) mass is 369 g/mol. The minimum Gasteiger partial charge on any atom is -0.461 e. The summed E-state index contributed by atoms with van der Waals surface area (Å²) >= 11 is 0.395. The quantitative estimate of drug-likeness (QED) is 0.707. The van der Waals surface area contributed by atoms with Gasteiger partial charge in [0.05, 0.1) is 10.6 Å². The molecule has 0 fully saturated rings. The molecule has 0 aliphatic heterocycles. The lowest BCUT2D eigenvalue weighted by Crippen LogP contribution is -2.03. The van der Waals surface area contributed by atoms with Crippen molar-refractivity contribution < 1.29 is 21.6 Å². The van der Waals surface area contributed by atoms with Crippen LogP contribution in [0.2, 0.25) is 0 Å². The van der Waals surface area contributed by atoms with Crippen molar-refractivity contribution in [2.24, 2.45) is 0 Å². The maximum absolute atomic E-state index is 12.5. The molecule has 0 amide bonds. The highest BCUT2D eigenvalue weighted by Crippen LogP contribution is 2.25. The zero-order chi connectivity index (χ0) is 17.7. The number of nitrogens with zero attached hydrogens (tertiary/aromatic N) is 1. The van der Waals surface area contributed by atoms with Gasteiger partial charge in [0.25, 0.3) is 5.76 Å². The van der Waals surface area contributed by atoms with Gasteiger partial charge in [-0.15, -0.1) is 0 Å². The Kier molecular flexibility index (Phi) is 5.80. The standard InChI is InChI=1S/C16H13F2NO3S2/c1-11-2-6-14(7-3-11)24(20,21)15(9-19)8-12-4-5-13(22-12)10-23-16(17)18/h2-8,16H,10H2,1H3/b15-8+. The number of rotatable bonds is 6. The van der Waals surface area contributed by atoms with Gasteiger partial charge in [0, 0.05) is 6.08 Å². The molecule has 0 N–H and O–H groups in total. The molecule has 0 spiro atoms. The Hall–Kier alpha value is -2.11. The average molecular weight is 369 g/mol. The summed E-state index contributed by atoms with van der Waals surface area (Å²) in [6.07, 6.45) is 1.09. The van der Waals surface area contributed by atoms with Crippen LogP contribution in [0.15, 0.2) is 50.6 Å². The fraction of sp³-hybridized carbons (Fsp3) is 0.188. The van der Waals surface area contributed by atoms with E-state index in [1.165, 1.54) is 24.3 Å². The topological polar surface area (TPSA) is 71.1 Å². The summed E-state index contributed by atoms with van der Waals surface area (Å²) in [4.78, 5) is -0.477. The minimum atomic E-state index is -3.97. The van der Waals surface area contributed by atoms with E-state index in [1.54, 1.807) is 18.2 Å². The van der Waals surface area contributed by atoms with Crippen LogP contribution in [0, 0.1) is 18.3 Å². The molecule has 8 heteroatoms. The van der Waals surface area contributed by atoms with E-state index < -0.39 is 20.5 Å². The molecule has 24 heavy (non-hydrogen) atoms. The van der Waals surface area contributed by atoms with Crippen LogP contribution in [0.4, 0.5) is 8.78 Å². The van der Waals surface area contributed by atoms with Crippen LogP contribution in [0.5, 0.6) is 0 Å². The molecule has 0 bridgehead atoms. The first-order valence-electron chi connectivity index (χ1n) is 6.75. The normalized spacial score (nSPS) is 12.4. The van der Waals surface area contributed by atoms with Crippen molar-refractivity contribution in [2.45, 2.75) is 23.3 Å². The number of allylic oxidation sites excluding steroid dienone is 1. The first-order chi connectivity index (χ1) is 11.3. The van der Waals surface area contributed by atoms with Gasteiger partial charge in [-0.2, -0.15) is 14.0 Å². The summed E-state index contributed by atoms with van der Waals surface area (Å²) in [5.41, 5.74) is 0.892. The Morgan fingerprint density at radius 2 is 1.96 bits per heavy atom. The van der Waals surface area contributed by atoms with Crippen LogP contribution in [0.1, 0.15) is 17.1 Å². The van der Waals surface area contributed by atoms with Crippen molar-refractivity contribution in [3.05, 3.63) is 58.4 Å². The number of nitriles is 1. The van der Waals surface area contributed by atoms with Gasteiger partial charge in [0.15, 0.2) is 4.91 Å². The number of hydrogen-bond acceptors (Lipinski definition) is 5. The van der Waals surface area contributed by atoms with E-state index in [9.17, 15) is 22.5 Å². The minimum absolute atomic E-state index is 0.000866. The van der Waals surface area contributed by atoms with E-state index in [-0.39, 0.29) is 22.2 Å². The van der Waals surface area contributed by atoms with Gasteiger partial charge in [-0.05, 0) is 31.2 Å². The van der Waals surface area contributed by atoms with E-state index in [1.807, 2.05) is 6.92 Å². The lowest BCUT2D eigenvalue weighted by atomic mass is 10.2. The van der Waals surface area contributed by atoms with Gasteiger partial charge in [0.1, 0.15) is 17.6 Å². The number of sulfone groups is 1. The largest absolute Gasteiger partial charge is 0.461 e. The van der Waals surface area contributed by atoms with E-state index >= 15 is 0 Å². The number of halogens is 2. The van der Waals surface area contributed by atoms with Crippen LogP contribution in [-0.4, -0.2) is 14.2 Å². The number of benzene rings is 1. The number of alkyl halides is 2. The lowest BCUT2D eigenvalue weighted by molar-refractivity contribution is 0.251. The van der Waals surface area contributed by atoms with Crippen molar-refractivity contribution in [1.82, 2.24) is 0 Å². The smallest absolute Gasteiger partial charge is 0.284 e. The summed E-state index contributed by atoms with van der Waals surface area (Å²) in [5.74, 6) is -2.17. The Labute approximate surface area is 142 Å². The molecule has 0 atom stereocenters. The van der Waals surface area contributed by atoms with Gasteiger partial charge in [-0.3, -0.25) is 0 Å². The average Bonchev–Trinajstić information content (AvgIpc) is 2.98. The molecular formula is C16H13F2NO3S2. The zero-order valence-corrected chi connectivity index (χ0v) is 14.2. The molecule has 0 saturated carbocycles. The highest BCUT2D eigenvalue weighted by atomic mass is 32.2. The molecule has 1 aromatic carbocycles. The molecule has 0 unspecified atom stereocenters. The maximum atomic E-state index is 12.5. The van der Waals surface area contributed by atoms with Gasteiger partial charge in [-0.25, -0.2) is 8.42 Å². The maximum Gasteiger partial charge on any atom is 0.284 e. The molecule has 1 aromatic heterocycles. The van der Waals surface area contributed by atoms with Crippen LogP contribution in [0.3, 0.4) is 0 Å². The summed E-state index contributed by atoms with van der Waals surface area (Å²) in [7, 11) is -3.97. The molecule has 0 aliphatic rings. The van der Waals surface area contributed by atoms with E-state index in [4.69, 9.17) is 4.42 Å². The van der Waals surface area contributed by atoms with Crippen molar-refractivity contribution >= 4 is 27.7 Å². The number of aryl methyl sites for hydroxylation is 1. The van der Waals surface area contributed by atoms with Crippen LogP contribution >= 0.6 is 11.8 Å². The number of furan rings is 1. The van der Waals surface area contributed by atoms with E-state index in [0.717, 1.165) is 11.6 Å². The molecule has 1 heterocycles. The Bertz CT molecular complexity index is 879. The van der Waals surface area contributed by atoms with Crippen LogP contribution in [-0.2, 0) is 15.6 Å². The second-order valence-corrected chi connectivity index (χ2v) is 7.71. The molecule has 4 nitrogen and oxygen atoms in total. The zero-order valence-electron chi connectivity index (χ0n) is 12.6. The molecule has 2 aromatic rings. The summed E-state index contributed by atoms with van der Waals surface area (Å²) in [6, 6.07) is 10.7. The Morgan fingerprint density at radius 3 is 2.54 bits per heavy atom. The molecule has 0 radical (unpaired) electrons. The fourth-order valence-corrected chi connectivity index (χ4v) is 3.42. The third kappa shape index (κ3) is 4.46. The van der Waals surface area contributed by atoms with Crippen molar-refractivity contribution in [3.8, 4) is 6.07 Å². The third-order valence-corrected chi connectivity index (χ3v) is 5.42. The van der Waals surface area contributed by atoms with Gasteiger partial charge in [-0.1, -0.05) is 29.5 Å². The van der Waals surface area contributed by atoms with Crippen LogP contribution in [0.25, 0.3) is 6.08 Å². The molecule has 0 saturated heterocycles. The SMILES string of the molecule is Cc1ccc(S(=O)(=O)/C(C#N)=C/c2ccc(CSC(F)F)o2)cc1. The first-order valence-corrected chi connectivity index (χ1v) is 9.28. The molecule has 0 aliphatic carbocycles. The predicted molar refractivity (Wildman–Crippen MR) is 88.0 cm³/mol. The second kappa shape index (κ2) is 7.64. The number of hydrogen-bond donors (Lipinski definition) is 0. The fourth-order valence-electron chi connectivity index (χ4n) is 1.84. The lowest BCUT2D eigenvalue weighted by Gasteiger charge is -2.03. The van der Waals surface area contributed by atoms with E-state index in [0.29, 0.717) is 11.8 Å². The second-order valence-electron chi connectivity index (χ2n) is 4.81. The van der Waals surface area contributed by atoms with Crippen molar-refractivity contribution in [2.75, 3.05) is 0 Å². The Morgan fingerprint density at radius 1 is 1.29 bits per heavy atom.